The highest BCUT2D eigenvalue weighted by Gasteiger charge is 2.27. The van der Waals surface area contributed by atoms with Crippen LogP contribution in [0.2, 0.25) is 0 Å². The lowest BCUT2D eigenvalue weighted by molar-refractivity contribution is -0.385. The van der Waals surface area contributed by atoms with E-state index in [9.17, 15) is 18.5 Å². The number of nitro groups is 1. The van der Waals surface area contributed by atoms with Gasteiger partial charge in [-0.1, -0.05) is 12.1 Å². The number of hydrogen-bond acceptors (Lipinski definition) is 5. The second kappa shape index (κ2) is 7.35. The molecule has 2 aromatic rings. The van der Waals surface area contributed by atoms with Crippen molar-refractivity contribution in [2.45, 2.75) is 11.8 Å². The Morgan fingerprint density at radius 2 is 1.88 bits per heavy atom. The summed E-state index contributed by atoms with van der Waals surface area (Å²) in [6.07, 6.45) is 1.45. The maximum absolute atomic E-state index is 13.1. The first-order valence-corrected chi connectivity index (χ1v) is 8.78. The summed E-state index contributed by atoms with van der Waals surface area (Å²) in [6.45, 7) is 5.21. The standard InChI is InChI=1S/C17H18N2O5S/c1-4-11-18(14-7-9-16(24-3)10-8-14)25(22,23)17-12-15(19(20)21)6-5-13(17)2/h4-10,12H,1,11H2,2-3H3. The van der Waals surface area contributed by atoms with Crippen molar-refractivity contribution in [3.63, 3.8) is 0 Å². The van der Waals surface area contributed by atoms with Crippen LogP contribution < -0.4 is 9.04 Å². The Morgan fingerprint density at radius 3 is 2.40 bits per heavy atom. The summed E-state index contributed by atoms with van der Waals surface area (Å²) < 4.78 is 32.4. The number of aryl methyl sites for hydroxylation is 1. The molecule has 2 rings (SSSR count). The third kappa shape index (κ3) is 3.80. The largest absolute Gasteiger partial charge is 0.497 e. The van der Waals surface area contributed by atoms with E-state index in [-0.39, 0.29) is 17.1 Å². The molecule has 0 aliphatic carbocycles. The van der Waals surface area contributed by atoms with E-state index in [0.29, 0.717) is 17.0 Å². The highest BCUT2D eigenvalue weighted by atomic mass is 32.2. The molecule has 0 saturated carbocycles. The van der Waals surface area contributed by atoms with Gasteiger partial charge in [-0.05, 0) is 36.8 Å². The van der Waals surface area contributed by atoms with E-state index in [1.165, 1.54) is 25.3 Å². The molecule has 2 aromatic carbocycles. The molecule has 8 heteroatoms. The second-order valence-electron chi connectivity index (χ2n) is 5.23. The van der Waals surface area contributed by atoms with Crippen LogP contribution in [0.5, 0.6) is 5.75 Å². The Morgan fingerprint density at radius 1 is 1.24 bits per heavy atom. The van der Waals surface area contributed by atoms with E-state index >= 15 is 0 Å². The van der Waals surface area contributed by atoms with Gasteiger partial charge in [0.25, 0.3) is 15.7 Å². The normalized spacial score (nSPS) is 11.0. The topological polar surface area (TPSA) is 89.8 Å². The monoisotopic (exact) mass is 362 g/mol. The van der Waals surface area contributed by atoms with E-state index in [0.717, 1.165) is 10.4 Å². The molecule has 25 heavy (non-hydrogen) atoms. The molecule has 132 valence electrons. The molecular weight excluding hydrogens is 344 g/mol. The Kier molecular flexibility index (Phi) is 5.43. The summed E-state index contributed by atoms with van der Waals surface area (Å²) in [7, 11) is -2.49. The van der Waals surface area contributed by atoms with Crippen LogP contribution in [-0.4, -0.2) is 27.0 Å². The molecule has 0 fully saturated rings. The molecule has 0 unspecified atom stereocenters. The number of ether oxygens (including phenoxy) is 1. The number of nitrogens with zero attached hydrogens (tertiary/aromatic N) is 2. The number of rotatable bonds is 7. The highest BCUT2D eigenvalue weighted by molar-refractivity contribution is 7.92. The lowest BCUT2D eigenvalue weighted by Gasteiger charge is -2.24. The minimum absolute atomic E-state index is 0.0246. The molecule has 0 amide bonds. The first-order chi connectivity index (χ1) is 11.8. The van der Waals surface area contributed by atoms with Crippen molar-refractivity contribution < 1.29 is 18.1 Å². The molecule has 0 spiro atoms. The second-order valence-corrected chi connectivity index (χ2v) is 7.06. The summed E-state index contributed by atoms with van der Waals surface area (Å²) in [4.78, 5) is 10.3. The van der Waals surface area contributed by atoms with Crippen molar-refractivity contribution >= 4 is 21.4 Å². The number of non-ortho nitro benzene ring substituents is 1. The Balaban J connectivity index is 2.57. The molecule has 0 bridgehead atoms. The molecule has 0 saturated heterocycles. The fraction of sp³-hybridized carbons (Fsp3) is 0.176. The zero-order chi connectivity index (χ0) is 18.6. The van der Waals surface area contributed by atoms with Crippen LogP contribution in [0, 0.1) is 17.0 Å². The zero-order valence-electron chi connectivity index (χ0n) is 13.9. The van der Waals surface area contributed by atoms with Crippen molar-refractivity contribution in [1.29, 1.82) is 0 Å². The lowest BCUT2D eigenvalue weighted by Crippen LogP contribution is -2.31. The van der Waals surface area contributed by atoms with Crippen LogP contribution in [0.15, 0.2) is 60.0 Å². The van der Waals surface area contributed by atoms with Crippen LogP contribution in [0.25, 0.3) is 0 Å². The van der Waals surface area contributed by atoms with Crippen molar-refractivity contribution in [3.05, 3.63) is 70.8 Å². The SMILES string of the molecule is C=CCN(c1ccc(OC)cc1)S(=O)(=O)c1cc([N+](=O)[O-])ccc1C. The summed E-state index contributed by atoms with van der Waals surface area (Å²) in [5.74, 6) is 0.589. The third-order valence-corrected chi connectivity index (χ3v) is 5.54. The predicted molar refractivity (Wildman–Crippen MR) is 95.6 cm³/mol. The van der Waals surface area contributed by atoms with Gasteiger partial charge in [-0.15, -0.1) is 6.58 Å². The summed E-state index contributed by atoms with van der Waals surface area (Å²) >= 11 is 0. The lowest BCUT2D eigenvalue weighted by atomic mass is 10.2. The van der Waals surface area contributed by atoms with Gasteiger partial charge in [-0.2, -0.15) is 0 Å². The number of nitro benzene ring substituents is 1. The van der Waals surface area contributed by atoms with Gasteiger partial charge in [0.05, 0.1) is 29.2 Å². The number of methoxy groups -OCH3 is 1. The van der Waals surface area contributed by atoms with Gasteiger partial charge in [0.15, 0.2) is 0 Å². The van der Waals surface area contributed by atoms with E-state index in [1.54, 1.807) is 31.2 Å². The molecule has 7 nitrogen and oxygen atoms in total. The maximum atomic E-state index is 13.1. The van der Waals surface area contributed by atoms with Crippen molar-refractivity contribution in [1.82, 2.24) is 0 Å². The first-order valence-electron chi connectivity index (χ1n) is 7.34. The minimum Gasteiger partial charge on any atom is -0.497 e. The van der Waals surface area contributed by atoms with Crippen molar-refractivity contribution in [3.8, 4) is 5.75 Å². The molecule has 0 N–H and O–H groups in total. The molecular formula is C17H18N2O5S. The van der Waals surface area contributed by atoms with E-state index in [4.69, 9.17) is 4.74 Å². The van der Waals surface area contributed by atoms with Crippen LogP contribution in [0.3, 0.4) is 0 Å². The van der Waals surface area contributed by atoms with E-state index in [1.807, 2.05) is 0 Å². The average Bonchev–Trinajstić information content (AvgIpc) is 2.59. The Bertz CT molecular complexity index is 892. The fourth-order valence-corrected chi connectivity index (χ4v) is 3.99. The van der Waals surface area contributed by atoms with Gasteiger partial charge in [0.2, 0.25) is 0 Å². The fourth-order valence-electron chi connectivity index (χ4n) is 2.31. The number of hydrogen-bond donors (Lipinski definition) is 0. The number of sulfonamides is 1. The quantitative estimate of drug-likeness (QED) is 0.428. The molecule has 0 aliphatic heterocycles. The number of anilines is 1. The molecule has 0 atom stereocenters. The Hall–Kier alpha value is -2.87. The van der Waals surface area contributed by atoms with Gasteiger partial charge in [-0.25, -0.2) is 8.42 Å². The van der Waals surface area contributed by atoms with E-state index in [2.05, 4.69) is 6.58 Å². The summed E-state index contributed by atoms with van der Waals surface area (Å²) in [5.41, 5.74) is 0.553. The highest BCUT2D eigenvalue weighted by Crippen LogP contribution is 2.29. The van der Waals surface area contributed by atoms with Gasteiger partial charge < -0.3 is 4.74 Å². The summed E-state index contributed by atoms with van der Waals surface area (Å²) in [6, 6.07) is 10.3. The predicted octanol–water partition coefficient (Wildman–Crippen LogP) is 3.29. The van der Waals surface area contributed by atoms with Crippen LogP contribution in [0.1, 0.15) is 5.56 Å². The van der Waals surface area contributed by atoms with Crippen molar-refractivity contribution in [2.24, 2.45) is 0 Å². The smallest absolute Gasteiger partial charge is 0.270 e. The molecule has 0 radical (unpaired) electrons. The van der Waals surface area contributed by atoms with Gasteiger partial charge in [0, 0.05) is 12.1 Å². The van der Waals surface area contributed by atoms with Gasteiger partial charge in [-0.3, -0.25) is 14.4 Å². The van der Waals surface area contributed by atoms with Crippen LogP contribution >= 0.6 is 0 Å². The molecule has 0 heterocycles. The Labute approximate surface area is 146 Å². The third-order valence-electron chi connectivity index (χ3n) is 3.61. The minimum atomic E-state index is -4.01. The average molecular weight is 362 g/mol. The zero-order valence-corrected chi connectivity index (χ0v) is 14.7. The first kappa shape index (κ1) is 18.5. The van der Waals surface area contributed by atoms with Crippen molar-refractivity contribution in [2.75, 3.05) is 18.0 Å². The number of benzene rings is 2. The summed E-state index contributed by atoms with van der Waals surface area (Å²) in [5, 5.41) is 11.0. The molecule has 0 aromatic heterocycles. The van der Waals surface area contributed by atoms with Crippen LogP contribution in [0.4, 0.5) is 11.4 Å². The van der Waals surface area contributed by atoms with Gasteiger partial charge in [0.1, 0.15) is 5.75 Å². The molecule has 0 aliphatic rings. The van der Waals surface area contributed by atoms with Gasteiger partial charge >= 0.3 is 0 Å². The van der Waals surface area contributed by atoms with E-state index < -0.39 is 14.9 Å². The van der Waals surface area contributed by atoms with Crippen LogP contribution in [-0.2, 0) is 10.0 Å². The maximum Gasteiger partial charge on any atom is 0.270 e.